The molecule has 0 radical (unpaired) electrons. The normalized spacial score (nSPS) is 10.5. The van der Waals surface area contributed by atoms with E-state index in [-0.39, 0.29) is 0 Å². The molecule has 3 nitrogen and oxygen atoms in total. The molecule has 0 spiro atoms. The van der Waals surface area contributed by atoms with Crippen LogP contribution in [-0.2, 0) is 13.0 Å². The first kappa shape index (κ1) is 12.8. The molecular weight excluding hydrogens is 322 g/mol. The monoisotopic (exact) mass is 331 g/mol. The van der Waals surface area contributed by atoms with Crippen LogP contribution in [0.3, 0.4) is 0 Å². The molecular formula is C11H11BrClN3S. The van der Waals surface area contributed by atoms with Crippen molar-refractivity contribution >= 4 is 44.0 Å². The van der Waals surface area contributed by atoms with Gasteiger partial charge in [0.05, 0.1) is 0 Å². The van der Waals surface area contributed by atoms with Crippen molar-refractivity contribution in [2.24, 2.45) is 0 Å². The van der Waals surface area contributed by atoms with E-state index in [0.717, 1.165) is 31.6 Å². The van der Waals surface area contributed by atoms with Crippen molar-refractivity contribution in [3.8, 4) is 0 Å². The van der Waals surface area contributed by atoms with Crippen molar-refractivity contribution in [2.75, 3.05) is 5.32 Å². The minimum absolute atomic E-state index is 0.704. The van der Waals surface area contributed by atoms with Crippen LogP contribution in [0.25, 0.3) is 0 Å². The van der Waals surface area contributed by atoms with Gasteiger partial charge in [0.15, 0.2) is 0 Å². The summed E-state index contributed by atoms with van der Waals surface area (Å²) in [5, 5.41) is 14.0. The van der Waals surface area contributed by atoms with Crippen LogP contribution < -0.4 is 5.32 Å². The van der Waals surface area contributed by atoms with Crippen molar-refractivity contribution in [1.82, 2.24) is 10.2 Å². The Morgan fingerprint density at radius 2 is 2.24 bits per heavy atom. The molecule has 6 heteroatoms. The molecule has 0 fully saturated rings. The molecule has 0 atom stereocenters. The molecule has 0 aliphatic heterocycles. The lowest BCUT2D eigenvalue weighted by molar-refractivity contribution is 0.975. The quantitative estimate of drug-likeness (QED) is 0.915. The zero-order valence-corrected chi connectivity index (χ0v) is 12.4. The van der Waals surface area contributed by atoms with Crippen LogP contribution in [0.2, 0.25) is 5.02 Å². The molecule has 2 rings (SSSR count). The predicted octanol–water partition coefficient (Wildman–Crippen LogP) is 4.13. The lowest BCUT2D eigenvalue weighted by atomic mass is 10.2. The second-order valence-electron chi connectivity index (χ2n) is 3.44. The maximum atomic E-state index is 5.89. The molecule has 1 aromatic heterocycles. The van der Waals surface area contributed by atoms with Gasteiger partial charge in [-0.1, -0.05) is 51.9 Å². The maximum absolute atomic E-state index is 5.89. The van der Waals surface area contributed by atoms with Gasteiger partial charge in [-0.05, 0) is 24.1 Å². The van der Waals surface area contributed by atoms with Gasteiger partial charge in [0.2, 0.25) is 5.13 Å². The Morgan fingerprint density at radius 3 is 2.88 bits per heavy atom. The van der Waals surface area contributed by atoms with Gasteiger partial charge in [-0.15, -0.1) is 10.2 Å². The average molecular weight is 333 g/mol. The van der Waals surface area contributed by atoms with Crippen LogP contribution in [-0.4, -0.2) is 10.2 Å². The van der Waals surface area contributed by atoms with E-state index < -0.39 is 0 Å². The molecule has 0 saturated heterocycles. The molecule has 0 aliphatic carbocycles. The standard InChI is InChI=1S/C11H11BrClN3S/c1-2-10-15-16-11(17-10)14-6-7-3-4-8(13)5-9(7)12/h3-5H,2,6H2,1H3,(H,14,16). The Hall–Kier alpha value is -0.650. The van der Waals surface area contributed by atoms with E-state index in [2.05, 4.69) is 38.4 Å². The first-order chi connectivity index (χ1) is 8.19. The van der Waals surface area contributed by atoms with Gasteiger partial charge in [-0.2, -0.15) is 0 Å². The Morgan fingerprint density at radius 1 is 1.41 bits per heavy atom. The third-order valence-electron chi connectivity index (χ3n) is 2.21. The number of nitrogens with one attached hydrogen (secondary N) is 1. The van der Waals surface area contributed by atoms with Crippen molar-refractivity contribution in [2.45, 2.75) is 19.9 Å². The largest absolute Gasteiger partial charge is 0.356 e. The second kappa shape index (κ2) is 5.80. The zero-order chi connectivity index (χ0) is 12.3. The number of hydrogen-bond donors (Lipinski definition) is 1. The average Bonchev–Trinajstić information content (AvgIpc) is 2.76. The van der Waals surface area contributed by atoms with E-state index in [1.54, 1.807) is 11.3 Å². The fourth-order valence-electron chi connectivity index (χ4n) is 1.30. The molecule has 0 aliphatic rings. The highest BCUT2D eigenvalue weighted by Crippen LogP contribution is 2.23. The van der Waals surface area contributed by atoms with Crippen LogP contribution >= 0.6 is 38.9 Å². The number of benzene rings is 1. The van der Waals surface area contributed by atoms with Crippen LogP contribution in [0.15, 0.2) is 22.7 Å². The Bertz CT molecular complexity index is 515. The molecule has 1 heterocycles. The van der Waals surface area contributed by atoms with Crippen LogP contribution in [0.1, 0.15) is 17.5 Å². The predicted molar refractivity (Wildman–Crippen MR) is 75.8 cm³/mol. The topological polar surface area (TPSA) is 37.8 Å². The summed E-state index contributed by atoms with van der Waals surface area (Å²) in [5.74, 6) is 0. The second-order valence-corrected chi connectivity index (χ2v) is 5.80. The van der Waals surface area contributed by atoms with E-state index in [4.69, 9.17) is 11.6 Å². The van der Waals surface area contributed by atoms with E-state index in [1.165, 1.54) is 0 Å². The SMILES string of the molecule is CCc1nnc(NCc2ccc(Cl)cc2Br)s1. The summed E-state index contributed by atoms with van der Waals surface area (Å²) in [6.45, 7) is 2.77. The van der Waals surface area contributed by atoms with E-state index in [1.807, 2.05) is 18.2 Å². The number of rotatable bonds is 4. The Balaban J connectivity index is 2.02. The van der Waals surface area contributed by atoms with Crippen molar-refractivity contribution in [3.63, 3.8) is 0 Å². The zero-order valence-electron chi connectivity index (χ0n) is 9.20. The smallest absolute Gasteiger partial charge is 0.205 e. The van der Waals surface area contributed by atoms with Crippen molar-refractivity contribution in [3.05, 3.63) is 38.3 Å². The van der Waals surface area contributed by atoms with Crippen molar-refractivity contribution in [1.29, 1.82) is 0 Å². The third-order valence-corrected chi connectivity index (χ3v) is 4.21. The molecule has 2 aromatic rings. The van der Waals surface area contributed by atoms with Gasteiger partial charge >= 0.3 is 0 Å². The summed E-state index contributed by atoms with van der Waals surface area (Å²) in [6.07, 6.45) is 0.921. The van der Waals surface area contributed by atoms with Gasteiger partial charge < -0.3 is 5.32 Å². The van der Waals surface area contributed by atoms with Crippen LogP contribution in [0, 0.1) is 0 Å². The fraction of sp³-hybridized carbons (Fsp3) is 0.273. The highest BCUT2D eigenvalue weighted by molar-refractivity contribution is 9.10. The summed E-state index contributed by atoms with van der Waals surface area (Å²) in [7, 11) is 0. The molecule has 90 valence electrons. The Kier molecular flexibility index (Phi) is 4.36. The highest BCUT2D eigenvalue weighted by Gasteiger charge is 2.04. The highest BCUT2D eigenvalue weighted by atomic mass is 79.9. The summed E-state index contributed by atoms with van der Waals surface area (Å²) >= 11 is 11.0. The summed E-state index contributed by atoms with van der Waals surface area (Å²) < 4.78 is 0.998. The number of aryl methyl sites for hydroxylation is 1. The fourth-order valence-corrected chi connectivity index (χ4v) is 2.80. The molecule has 1 N–H and O–H groups in total. The molecule has 0 unspecified atom stereocenters. The van der Waals surface area contributed by atoms with Gasteiger partial charge in [0, 0.05) is 16.0 Å². The minimum Gasteiger partial charge on any atom is -0.356 e. The van der Waals surface area contributed by atoms with E-state index >= 15 is 0 Å². The number of anilines is 1. The molecule has 0 saturated carbocycles. The number of nitrogens with zero attached hydrogens (tertiary/aromatic N) is 2. The number of hydrogen-bond acceptors (Lipinski definition) is 4. The summed E-state index contributed by atoms with van der Waals surface area (Å²) in [5.41, 5.74) is 1.14. The van der Waals surface area contributed by atoms with Gasteiger partial charge in [-0.25, -0.2) is 0 Å². The Labute approximate surface area is 117 Å². The first-order valence-corrected chi connectivity index (χ1v) is 7.18. The molecule has 0 bridgehead atoms. The molecule has 1 aromatic carbocycles. The lowest BCUT2D eigenvalue weighted by Crippen LogP contribution is -1.99. The summed E-state index contributed by atoms with van der Waals surface area (Å²) in [6, 6.07) is 5.75. The number of halogens is 2. The third kappa shape index (κ3) is 3.40. The molecule has 17 heavy (non-hydrogen) atoms. The lowest BCUT2D eigenvalue weighted by Gasteiger charge is -2.05. The van der Waals surface area contributed by atoms with Gasteiger partial charge in [0.1, 0.15) is 5.01 Å². The van der Waals surface area contributed by atoms with Gasteiger partial charge in [0.25, 0.3) is 0 Å². The molecule has 0 amide bonds. The van der Waals surface area contributed by atoms with E-state index in [9.17, 15) is 0 Å². The van der Waals surface area contributed by atoms with Gasteiger partial charge in [-0.3, -0.25) is 0 Å². The van der Waals surface area contributed by atoms with Crippen LogP contribution in [0.4, 0.5) is 5.13 Å². The first-order valence-electron chi connectivity index (χ1n) is 5.19. The minimum atomic E-state index is 0.704. The van der Waals surface area contributed by atoms with Crippen molar-refractivity contribution < 1.29 is 0 Å². The van der Waals surface area contributed by atoms with E-state index in [0.29, 0.717) is 6.54 Å². The maximum Gasteiger partial charge on any atom is 0.205 e. The van der Waals surface area contributed by atoms with Crippen LogP contribution in [0.5, 0.6) is 0 Å². The summed E-state index contributed by atoms with van der Waals surface area (Å²) in [4.78, 5) is 0. The number of aromatic nitrogens is 2.